The molecule has 170 valence electrons. The van der Waals surface area contributed by atoms with Crippen molar-refractivity contribution in [2.45, 2.75) is 18.8 Å². The largest absolute Gasteiger partial charge is 0.389 e. The first kappa shape index (κ1) is 23.0. The van der Waals surface area contributed by atoms with E-state index in [9.17, 15) is 13.9 Å². The van der Waals surface area contributed by atoms with Gasteiger partial charge in [0.05, 0.1) is 25.4 Å². The van der Waals surface area contributed by atoms with Crippen molar-refractivity contribution in [3.63, 3.8) is 0 Å². The van der Waals surface area contributed by atoms with E-state index in [1.807, 2.05) is 17.5 Å². The minimum absolute atomic E-state index is 0.0718. The van der Waals surface area contributed by atoms with Gasteiger partial charge in [-0.1, -0.05) is 30.3 Å². The van der Waals surface area contributed by atoms with Crippen LogP contribution in [-0.4, -0.2) is 60.3 Å². The number of halogens is 2. The van der Waals surface area contributed by atoms with Gasteiger partial charge in [-0.3, -0.25) is 9.80 Å². The topological polar surface area (TPSA) is 35.9 Å². The highest BCUT2D eigenvalue weighted by Crippen LogP contribution is 2.30. The second-order valence-corrected chi connectivity index (χ2v) is 9.12. The summed E-state index contributed by atoms with van der Waals surface area (Å²) in [5.41, 5.74) is 1.96. The highest BCUT2D eigenvalue weighted by molar-refractivity contribution is 7.09. The summed E-state index contributed by atoms with van der Waals surface area (Å²) in [7, 11) is 0. The quantitative estimate of drug-likeness (QED) is 0.518. The maximum Gasteiger partial charge on any atom is 0.123 e. The molecule has 2 aromatic carbocycles. The van der Waals surface area contributed by atoms with Crippen molar-refractivity contribution < 1.29 is 18.6 Å². The lowest BCUT2D eigenvalue weighted by atomic mass is 9.96. The van der Waals surface area contributed by atoms with Gasteiger partial charge in [0.25, 0.3) is 0 Å². The zero-order valence-corrected chi connectivity index (χ0v) is 18.7. The Morgan fingerprint density at radius 1 is 0.875 bits per heavy atom. The molecule has 0 spiro atoms. The van der Waals surface area contributed by atoms with E-state index in [4.69, 9.17) is 4.74 Å². The van der Waals surface area contributed by atoms with E-state index in [1.165, 1.54) is 24.3 Å². The van der Waals surface area contributed by atoms with Crippen LogP contribution in [0.2, 0.25) is 0 Å². The molecule has 4 rings (SSSR count). The fourth-order valence-electron chi connectivity index (χ4n) is 4.15. The predicted octanol–water partition coefficient (Wildman–Crippen LogP) is 4.31. The van der Waals surface area contributed by atoms with Crippen LogP contribution in [0.25, 0.3) is 0 Å². The Kier molecular flexibility index (Phi) is 8.00. The van der Waals surface area contributed by atoms with Crippen LogP contribution in [0.5, 0.6) is 0 Å². The Labute approximate surface area is 191 Å². The number of ether oxygens (including phenoxy) is 1. The number of hydrogen-bond donors (Lipinski definition) is 1. The van der Waals surface area contributed by atoms with Crippen LogP contribution in [0.3, 0.4) is 0 Å². The zero-order chi connectivity index (χ0) is 22.3. The van der Waals surface area contributed by atoms with Crippen molar-refractivity contribution >= 4 is 11.3 Å². The number of thiophene rings is 1. The van der Waals surface area contributed by atoms with E-state index in [0.717, 1.165) is 42.2 Å². The number of nitrogens with zero attached hydrogens (tertiary/aromatic N) is 2. The van der Waals surface area contributed by atoms with Gasteiger partial charge in [-0.05, 0) is 46.8 Å². The number of β-amino-alcohol motifs (C(OH)–C–C–N with tert-alkyl or cyclic N) is 1. The molecular formula is C25H28F2N2O2S. The van der Waals surface area contributed by atoms with Gasteiger partial charge in [-0.25, -0.2) is 8.78 Å². The van der Waals surface area contributed by atoms with Crippen LogP contribution in [-0.2, 0) is 11.3 Å². The lowest BCUT2D eigenvalue weighted by Gasteiger charge is -2.40. The van der Waals surface area contributed by atoms with Crippen LogP contribution in [0.15, 0.2) is 66.0 Å². The molecule has 1 aromatic heterocycles. The van der Waals surface area contributed by atoms with Crippen molar-refractivity contribution in [1.29, 1.82) is 0 Å². The third-order valence-corrected chi connectivity index (χ3v) is 6.60. The molecule has 0 bridgehead atoms. The average molecular weight is 459 g/mol. The van der Waals surface area contributed by atoms with Gasteiger partial charge >= 0.3 is 0 Å². The Morgan fingerprint density at radius 3 is 2.00 bits per heavy atom. The molecular weight excluding hydrogens is 430 g/mol. The van der Waals surface area contributed by atoms with E-state index < -0.39 is 6.10 Å². The summed E-state index contributed by atoms with van der Waals surface area (Å²) in [6, 6.07) is 17.0. The van der Waals surface area contributed by atoms with Crippen LogP contribution in [0.4, 0.5) is 8.78 Å². The summed E-state index contributed by atoms with van der Waals surface area (Å²) in [5, 5.41) is 12.4. The summed E-state index contributed by atoms with van der Waals surface area (Å²) in [5.74, 6) is -0.543. The van der Waals surface area contributed by atoms with Gasteiger partial charge in [0.15, 0.2) is 0 Å². The number of aliphatic hydroxyl groups excluding tert-OH is 1. The van der Waals surface area contributed by atoms with E-state index in [1.54, 1.807) is 35.6 Å². The summed E-state index contributed by atoms with van der Waals surface area (Å²) in [4.78, 5) is 5.72. The van der Waals surface area contributed by atoms with Crippen molar-refractivity contribution in [3.8, 4) is 0 Å². The standard InChI is InChI=1S/C25H28F2N2O2S/c26-21-7-3-19(4-8-21)25(20-5-9-22(27)10-6-20)29-13-11-28(12-14-29)16-23(30)17-31-18-24-2-1-15-32-24/h1-10,15,23,25,30H,11-14,16-18H2/t23-/m0/s1. The molecule has 1 saturated heterocycles. The summed E-state index contributed by atoms with van der Waals surface area (Å²) in [6.45, 7) is 4.60. The minimum Gasteiger partial charge on any atom is -0.389 e. The number of aliphatic hydroxyl groups is 1. The smallest absolute Gasteiger partial charge is 0.123 e. The second-order valence-electron chi connectivity index (χ2n) is 8.09. The van der Waals surface area contributed by atoms with Crippen LogP contribution >= 0.6 is 11.3 Å². The molecule has 1 atom stereocenters. The molecule has 4 nitrogen and oxygen atoms in total. The highest BCUT2D eigenvalue weighted by Gasteiger charge is 2.27. The molecule has 32 heavy (non-hydrogen) atoms. The molecule has 1 aliphatic heterocycles. The van der Waals surface area contributed by atoms with Gasteiger partial charge in [0.2, 0.25) is 0 Å². The van der Waals surface area contributed by atoms with Gasteiger partial charge in [-0.15, -0.1) is 11.3 Å². The normalized spacial score (nSPS) is 16.5. The van der Waals surface area contributed by atoms with Gasteiger partial charge in [-0.2, -0.15) is 0 Å². The SMILES string of the molecule is O[C@H](COCc1cccs1)CN1CCN(C(c2ccc(F)cc2)c2ccc(F)cc2)CC1. The lowest BCUT2D eigenvalue weighted by Crippen LogP contribution is -2.50. The van der Waals surface area contributed by atoms with Crippen molar-refractivity contribution in [2.24, 2.45) is 0 Å². The van der Waals surface area contributed by atoms with Crippen molar-refractivity contribution in [1.82, 2.24) is 9.80 Å². The summed E-state index contributed by atoms with van der Waals surface area (Å²) >= 11 is 1.65. The lowest BCUT2D eigenvalue weighted by molar-refractivity contribution is -0.0000872. The molecule has 0 amide bonds. The first-order valence-corrected chi connectivity index (χ1v) is 11.7. The molecule has 0 aliphatic carbocycles. The third kappa shape index (κ3) is 6.21. The maximum atomic E-state index is 13.5. The molecule has 1 aliphatic rings. The van der Waals surface area contributed by atoms with E-state index in [-0.39, 0.29) is 17.7 Å². The fourth-order valence-corrected chi connectivity index (χ4v) is 4.79. The molecule has 0 saturated carbocycles. The summed E-state index contributed by atoms with van der Waals surface area (Å²) < 4.78 is 32.6. The third-order valence-electron chi connectivity index (χ3n) is 5.75. The van der Waals surface area contributed by atoms with Crippen LogP contribution < -0.4 is 0 Å². The van der Waals surface area contributed by atoms with Crippen molar-refractivity contribution in [2.75, 3.05) is 39.3 Å². The van der Waals surface area contributed by atoms with E-state index in [2.05, 4.69) is 9.80 Å². The number of piperazine rings is 1. The Hall–Kier alpha value is -2.16. The Bertz CT molecular complexity index is 898. The van der Waals surface area contributed by atoms with Gasteiger partial charge in [0.1, 0.15) is 11.6 Å². The fraction of sp³-hybridized carbons (Fsp3) is 0.360. The molecule has 1 N–H and O–H groups in total. The van der Waals surface area contributed by atoms with Crippen molar-refractivity contribution in [3.05, 3.63) is 93.7 Å². The molecule has 7 heteroatoms. The first-order chi connectivity index (χ1) is 15.6. The second kappa shape index (κ2) is 11.1. The average Bonchev–Trinajstić information content (AvgIpc) is 3.31. The molecule has 0 unspecified atom stereocenters. The molecule has 0 radical (unpaired) electrons. The summed E-state index contributed by atoms with van der Waals surface area (Å²) in [6.07, 6.45) is -0.536. The first-order valence-electron chi connectivity index (χ1n) is 10.8. The van der Waals surface area contributed by atoms with Gasteiger partial charge < -0.3 is 9.84 Å². The van der Waals surface area contributed by atoms with Crippen LogP contribution in [0.1, 0.15) is 22.0 Å². The molecule has 1 fully saturated rings. The van der Waals surface area contributed by atoms with Crippen LogP contribution in [0, 0.1) is 11.6 Å². The van der Waals surface area contributed by atoms with E-state index >= 15 is 0 Å². The molecule has 2 heterocycles. The Balaban J connectivity index is 1.33. The van der Waals surface area contributed by atoms with Gasteiger partial charge in [0, 0.05) is 37.6 Å². The number of benzene rings is 2. The monoisotopic (exact) mass is 458 g/mol. The minimum atomic E-state index is -0.536. The zero-order valence-electron chi connectivity index (χ0n) is 17.9. The maximum absolute atomic E-state index is 13.5. The predicted molar refractivity (Wildman–Crippen MR) is 123 cm³/mol. The molecule has 3 aromatic rings. The number of hydrogen-bond acceptors (Lipinski definition) is 5. The highest BCUT2D eigenvalue weighted by atomic mass is 32.1. The van der Waals surface area contributed by atoms with E-state index in [0.29, 0.717) is 19.8 Å². The number of rotatable bonds is 9. The Morgan fingerprint density at radius 2 is 1.47 bits per heavy atom.